The lowest BCUT2D eigenvalue weighted by molar-refractivity contribution is -0.124. The summed E-state index contributed by atoms with van der Waals surface area (Å²) in [5.74, 6) is 1.25. The zero-order valence-electron chi connectivity index (χ0n) is 16.3. The molecule has 0 aromatic carbocycles. The number of piperazine rings is 1. The van der Waals surface area contributed by atoms with Gasteiger partial charge in [-0.3, -0.25) is 14.6 Å². The van der Waals surface area contributed by atoms with Gasteiger partial charge in [-0.2, -0.15) is 5.10 Å². The molecule has 3 heterocycles. The summed E-state index contributed by atoms with van der Waals surface area (Å²) in [6.07, 6.45) is 4.71. The van der Waals surface area contributed by atoms with Crippen molar-refractivity contribution in [1.82, 2.24) is 29.5 Å². The molecule has 1 aromatic rings. The van der Waals surface area contributed by atoms with Crippen molar-refractivity contribution in [1.29, 1.82) is 0 Å². The van der Waals surface area contributed by atoms with E-state index in [1.54, 1.807) is 0 Å². The van der Waals surface area contributed by atoms with E-state index in [0.717, 1.165) is 56.4 Å². The van der Waals surface area contributed by atoms with Crippen LogP contribution in [0.3, 0.4) is 0 Å². The number of hydrogen-bond acceptors (Lipinski definition) is 5. The molecule has 1 amide bonds. The van der Waals surface area contributed by atoms with E-state index in [4.69, 9.17) is 17.3 Å². The van der Waals surface area contributed by atoms with Gasteiger partial charge in [-0.15, -0.1) is 0 Å². The van der Waals surface area contributed by atoms with Gasteiger partial charge in [0.15, 0.2) is 4.77 Å². The summed E-state index contributed by atoms with van der Waals surface area (Å²) in [5, 5.41) is 7.80. The van der Waals surface area contributed by atoms with E-state index in [2.05, 4.69) is 19.7 Å². The second-order valence-electron chi connectivity index (χ2n) is 8.49. The van der Waals surface area contributed by atoms with E-state index in [0.29, 0.717) is 6.54 Å². The van der Waals surface area contributed by atoms with Crippen molar-refractivity contribution in [3.05, 3.63) is 10.6 Å². The quantitative estimate of drug-likeness (QED) is 0.805. The molecule has 7 nitrogen and oxygen atoms in total. The topological polar surface area (TPSA) is 58.3 Å². The Morgan fingerprint density at radius 1 is 1.08 bits per heavy atom. The first-order chi connectivity index (χ1) is 12.3. The van der Waals surface area contributed by atoms with Crippen LogP contribution in [-0.2, 0) is 24.4 Å². The minimum atomic E-state index is -0.172. The summed E-state index contributed by atoms with van der Waals surface area (Å²) in [7, 11) is 0. The van der Waals surface area contributed by atoms with Crippen molar-refractivity contribution in [3.8, 4) is 0 Å². The lowest BCUT2D eigenvalue weighted by Gasteiger charge is -2.34. The van der Waals surface area contributed by atoms with Gasteiger partial charge in [0.05, 0.1) is 13.2 Å². The summed E-state index contributed by atoms with van der Waals surface area (Å²) >= 11 is 5.64. The molecule has 0 aliphatic carbocycles. The lowest BCUT2D eigenvalue weighted by atomic mass is 10.1. The third kappa shape index (κ3) is 5.14. The molecule has 0 radical (unpaired) electrons. The average molecular weight is 381 g/mol. The molecule has 26 heavy (non-hydrogen) atoms. The van der Waals surface area contributed by atoms with Gasteiger partial charge in [0.1, 0.15) is 5.82 Å². The molecule has 3 rings (SSSR count). The molecule has 2 aliphatic heterocycles. The van der Waals surface area contributed by atoms with Crippen LogP contribution in [-0.4, -0.2) is 68.3 Å². The summed E-state index contributed by atoms with van der Waals surface area (Å²) in [6, 6.07) is 0. The third-order valence-corrected chi connectivity index (χ3v) is 5.39. The van der Waals surface area contributed by atoms with Gasteiger partial charge in [0, 0.05) is 44.7 Å². The molecule has 0 saturated carbocycles. The Morgan fingerprint density at radius 2 is 1.77 bits per heavy atom. The van der Waals surface area contributed by atoms with Crippen LogP contribution in [0.2, 0.25) is 0 Å². The first kappa shape index (κ1) is 19.5. The highest BCUT2D eigenvalue weighted by atomic mass is 32.1. The maximum atomic E-state index is 12.1. The van der Waals surface area contributed by atoms with Crippen LogP contribution in [0.5, 0.6) is 0 Å². The number of nitrogens with zero attached hydrogens (tertiary/aromatic N) is 5. The maximum Gasteiger partial charge on any atom is 0.234 e. The summed E-state index contributed by atoms with van der Waals surface area (Å²) in [5.41, 5.74) is -0.172. The number of fused-ring (bicyclic) bond motifs is 1. The number of rotatable bonds is 4. The minimum absolute atomic E-state index is 0.103. The number of carbonyl (C=O) groups excluding carboxylic acids is 1. The van der Waals surface area contributed by atoms with E-state index in [1.165, 1.54) is 19.3 Å². The van der Waals surface area contributed by atoms with Crippen LogP contribution in [0, 0.1) is 4.77 Å². The van der Waals surface area contributed by atoms with Crippen molar-refractivity contribution < 1.29 is 4.79 Å². The van der Waals surface area contributed by atoms with Crippen molar-refractivity contribution in [2.45, 2.75) is 65.2 Å². The van der Waals surface area contributed by atoms with Gasteiger partial charge in [-0.1, -0.05) is 6.42 Å². The van der Waals surface area contributed by atoms with Gasteiger partial charge in [-0.25, -0.2) is 4.68 Å². The predicted octanol–water partition coefficient (Wildman–Crippen LogP) is 1.63. The number of aryl methyl sites for hydroxylation is 1. The Labute approximate surface area is 161 Å². The highest BCUT2D eigenvalue weighted by Crippen LogP contribution is 2.15. The number of amides is 1. The van der Waals surface area contributed by atoms with Gasteiger partial charge < -0.3 is 9.88 Å². The Kier molecular flexibility index (Phi) is 6.14. The third-order valence-electron chi connectivity index (χ3n) is 4.96. The molecular formula is C18H32N6OS. The van der Waals surface area contributed by atoms with E-state index in [-0.39, 0.29) is 11.4 Å². The molecule has 0 unspecified atom stereocenters. The normalized spacial score (nSPS) is 19.8. The molecule has 146 valence electrons. The van der Waals surface area contributed by atoms with Crippen LogP contribution in [0.15, 0.2) is 0 Å². The van der Waals surface area contributed by atoms with E-state index in [1.807, 2.05) is 25.5 Å². The molecular weight excluding hydrogens is 348 g/mol. The van der Waals surface area contributed by atoms with Crippen molar-refractivity contribution >= 4 is 18.1 Å². The second kappa shape index (κ2) is 8.19. The average Bonchev–Trinajstić information content (AvgIpc) is 2.73. The monoisotopic (exact) mass is 380 g/mol. The fourth-order valence-corrected chi connectivity index (χ4v) is 3.95. The summed E-state index contributed by atoms with van der Waals surface area (Å²) in [4.78, 5) is 16.7. The van der Waals surface area contributed by atoms with Crippen LogP contribution in [0.1, 0.15) is 45.9 Å². The van der Waals surface area contributed by atoms with Gasteiger partial charge in [0.2, 0.25) is 5.91 Å². The maximum absolute atomic E-state index is 12.1. The Hall–Kier alpha value is -1.25. The van der Waals surface area contributed by atoms with Gasteiger partial charge in [-0.05, 0) is 45.8 Å². The molecule has 2 aliphatic rings. The molecule has 0 atom stereocenters. The molecule has 0 spiro atoms. The van der Waals surface area contributed by atoms with Crippen molar-refractivity contribution in [3.63, 3.8) is 0 Å². The fraction of sp³-hybridized carbons (Fsp3) is 0.833. The number of carbonyl (C=O) groups is 1. The molecule has 1 aromatic heterocycles. The number of hydrogen-bond donors (Lipinski definition) is 1. The van der Waals surface area contributed by atoms with E-state index in [9.17, 15) is 4.79 Å². The zero-order chi connectivity index (χ0) is 18.7. The van der Waals surface area contributed by atoms with Crippen LogP contribution in [0.25, 0.3) is 0 Å². The predicted molar refractivity (Wildman–Crippen MR) is 105 cm³/mol. The second-order valence-corrected chi connectivity index (χ2v) is 8.86. The highest BCUT2D eigenvalue weighted by Gasteiger charge is 2.22. The molecule has 0 bridgehead atoms. The largest absolute Gasteiger partial charge is 0.350 e. The smallest absolute Gasteiger partial charge is 0.234 e. The SMILES string of the molecule is CC(C)(C)NC(=O)CN1CCN(Cn2nc3n(c2=S)CCCCC3)CC1. The van der Waals surface area contributed by atoms with Crippen LogP contribution >= 0.6 is 12.2 Å². The van der Waals surface area contributed by atoms with Gasteiger partial charge >= 0.3 is 0 Å². The Bertz CT molecular complexity index is 681. The molecule has 1 saturated heterocycles. The van der Waals surface area contributed by atoms with Gasteiger partial charge in [0.25, 0.3) is 0 Å². The number of nitrogens with one attached hydrogen (secondary N) is 1. The number of aromatic nitrogens is 3. The zero-order valence-corrected chi connectivity index (χ0v) is 17.1. The first-order valence-corrected chi connectivity index (χ1v) is 10.1. The fourth-order valence-electron chi connectivity index (χ4n) is 3.66. The molecule has 1 N–H and O–H groups in total. The van der Waals surface area contributed by atoms with Crippen molar-refractivity contribution in [2.24, 2.45) is 0 Å². The standard InChI is InChI=1S/C18H32N6OS/c1-18(2,3)19-16(25)13-21-9-11-22(12-10-21)14-24-17(26)23-8-6-4-5-7-15(23)20-24/h4-14H2,1-3H3,(H,19,25). The summed E-state index contributed by atoms with van der Waals surface area (Å²) in [6.45, 7) is 11.9. The van der Waals surface area contributed by atoms with Crippen molar-refractivity contribution in [2.75, 3.05) is 32.7 Å². The highest BCUT2D eigenvalue weighted by molar-refractivity contribution is 7.71. The van der Waals surface area contributed by atoms with Crippen LogP contribution < -0.4 is 5.32 Å². The summed E-state index contributed by atoms with van der Waals surface area (Å²) < 4.78 is 5.06. The van der Waals surface area contributed by atoms with Crippen LogP contribution in [0.4, 0.5) is 0 Å². The Balaban J connectivity index is 1.50. The molecule has 8 heteroatoms. The Morgan fingerprint density at radius 3 is 2.46 bits per heavy atom. The lowest BCUT2D eigenvalue weighted by Crippen LogP contribution is -2.51. The molecule has 1 fully saturated rings. The van der Waals surface area contributed by atoms with E-state index >= 15 is 0 Å². The minimum Gasteiger partial charge on any atom is -0.350 e. The van der Waals surface area contributed by atoms with E-state index < -0.39 is 0 Å². The first-order valence-electron chi connectivity index (χ1n) is 9.74.